The summed E-state index contributed by atoms with van der Waals surface area (Å²) in [5, 5.41) is 2.92. The minimum absolute atomic E-state index is 0.677. The Morgan fingerprint density at radius 2 is 2.45 bits per heavy atom. The van der Waals surface area contributed by atoms with Crippen LogP contribution in [-0.4, -0.2) is 23.6 Å². The van der Waals surface area contributed by atoms with E-state index in [-0.39, 0.29) is 0 Å². The Morgan fingerprint density at radius 3 is 3.09 bits per heavy atom. The van der Waals surface area contributed by atoms with Gasteiger partial charge >= 0.3 is 0 Å². The fourth-order valence-electron chi connectivity index (χ4n) is 0.587. The molecule has 1 N–H and O–H groups in total. The normalized spacial score (nSPS) is 8.45. The molecule has 0 aliphatic rings. The molecule has 1 heterocycles. The van der Waals surface area contributed by atoms with Crippen LogP contribution in [0.2, 0.25) is 0 Å². The molecule has 3 heteroatoms. The van der Waals surface area contributed by atoms with Crippen molar-refractivity contribution in [1.29, 1.82) is 0 Å². The summed E-state index contributed by atoms with van der Waals surface area (Å²) in [4.78, 5) is 7.86. The van der Waals surface area contributed by atoms with E-state index in [1.807, 2.05) is 7.05 Å². The van der Waals surface area contributed by atoms with Crippen molar-refractivity contribution in [1.82, 2.24) is 15.3 Å². The largest absolute Gasteiger partial charge is 0.309 e. The number of rotatable bonds is 1. The lowest BCUT2D eigenvalue weighted by molar-refractivity contribution is 0.938. The molecule has 0 atom stereocenters. The van der Waals surface area contributed by atoms with E-state index in [4.69, 9.17) is 0 Å². The molecule has 11 heavy (non-hydrogen) atoms. The summed E-state index contributed by atoms with van der Waals surface area (Å²) in [5.41, 5.74) is 0.711. The summed E-state index contributed by atoms with van der Waals surface area (Å²) < 4.78 is 0. The van der Waals surface area contributed by atoms with Gasteiger partial charge in [-0.25, -0.2) is 4.98 Å². The van der Waals surface area contributed by atoms with Crippen LogP contribution in [0, 0.1) is 11.8 Å². The highest BCUT2D eigenvalue weighted by Gasteiger charge is 1.81. The Hall–Kier alpha value is -1.40. The second-order valence-electron chi connectivity index (χ2n) is 1.92. The maximum atomic E-state index is 3.99. The van der Waals surface area contributed by atoms with Gasteiger partial charge in [0.25, 0.3) is 0 Å². The summed E-state index contributed by atoms with van der Waals surface area (Å²) in [6.07, 6.45) is 4.90. The molecule has 1 aromatic heterocycles. The number of aromatic nitrogens is 2. The van der Waals surface area contributed by atoms with Crippen molar-refractivity contribution in [3.05, 3.63) is 24.3 Å². The van der Waals surface area contributed by atoms with Crippen LogP contribution in [0.5, 0.6) is 0 Å². The van der Waals surface area contributed by atoms with Crippen LogP contribution >= 0.6 is 0 Å². The van der Waals surface area contributed by atoms with Crippen molar-refractivity contribution >= 4 is 0 Å². The third-order valence-corrected chi connectivity index (χ3v) is 1.04. The maximum absolute atomic E-state index is 3.99. The van der Waals surface area contributed by atoms with Gasteiger partial charge in [-0.05, 0) is 13.0 Å². The molecular formula is C8H9N3. The molecular weight excluding hydrogens is 138 g/mol. The second-order valence-corrected chi connectivity index (χ2v) is 1.92. The molecule has 0 aromatic carbocycles. The van der Waals surface area contributed by atoms with Gasteiger partial charge in [-0.1, -0.05) is 5.92 Å². The van der Waals surface area contributed by atoms with Gasteiger partial charge in [0.05, 0.1) is 12.7 Å². The Morgan fingerprint density at radius 1 is 1.55 bits per heavy atom. The topological polar surface area (TPSA) is 37.8 Å². The SMILES string of the molecule is CNCC#Cc1cnccn1. The van der Waals surface area contributed by atoms with E-state index in [1.54, 1.807) is 18.6 Å². The molecule has 1 rings (SSSR count). The Bertz CT molecular complexity index is 258. The number of hydrogen-bond acceptors (Lipinski definition) is 3. The molecule has 56 valence electrons. The van der Waals surface area contributed by atoms with Crippen LogP contribution < -0.4 is 5.32 Å². The van der Waals surface area contributed by atoms with E-state index in [2.05, 4.69) is 27.1 Å². The third-order valence-electron chi connectivity index (χ3n) is 1.04. The monoisotopic (exact) mass is 147 g/mol. The van der Waals surface area contributed by atoms with E-state index in [1.165, 1.54) is 0 Å². The zero-order chi connectivity index (χ0) is 7.94. The van der Waals surface area contributed by atoms with E-state index < -0.39 is 0 Å². The molecule has 0 aliphatic carbocycles. The van der Waals surface area contributed by atoms with Crippen molar-refractivity contribution in [2.75, 3.05) is 13.6 Å². The first-order valence-electron chi connectivity index (χ1n) is 3.33. The summed E-state index contributed by atoms with van der Waals surface area (Å²) in [6.45, 7) is 0.677. The number of nitrogens with zero attached hydrogens (tertiary/aromatic N) is 2. The lowest BCUT2D eigenvalue weighted by Gasteiger charge is -1.85. The number of hydrogen-bond donors (Lipinski definition) is 1. The van der Waals surface area contributed by atoms with Gasteiger partial charge < -0.3 is 5.32 Å². The van der Waals surface area contributed by atoms with Gasteiger partial charge in [-0.15, -0.1) is 0 Å². The van der Waals surface area contributed by atoms with Crippen LogP contribution in [0.25, 0.3) is 0 Å². The second kappa shape index (κ2) is 4.42. The lowest BCUT2D eigenvalue weighted by Crippen LogP contribution is -2.04. The Balaban J connectivity index is 2.59. The highest BCUT2D eigenvalue weighted by Crippen LogP contribution is 1.83. The highest BCUT2D eigenvalue weighted by atomic mass is 14.8. The molecule has 3 nitrogen and oxygen atoms in total. The zero-order valence-electron chi connectivity index (χ0n) is 6.33. The van der Waals surface area contributed by atoms with Crippen molar-refractivity contribution in [3.63, 3.8) is 0 Å². The van der Waals surface area contributed by atoms with E-state index in [0.717, 1.165) is 0 Å². The van der Waals surface area contributed by atoms with E-state index in [9.17, 15) is 0 Å². The smallest absolute Gasteiger partial charge is 0.131 e. The standard InChI is InChI=1S/C8H9N3/c1-9-4-2-3-8-7-10-5-6-11-8/h5-7,9H,4H2,1H3. The van der Waals surface area contributed by atoms with Crippen LogP contribution in [0.3, 0.4) is 0 Å². The zero-order valence-corrected chi connectivity index (χ0v) is 6.33. The van der Waals surface area contributed by atoms with Crippen molar-refractivity contribution in [2.45, 2.75) is 0 Å². The van der Waals surface area contributed by atoms with Crippen LogP contribution in [0.15, 0.2) is 18.6 Å². The predicted octanol–water partition coefficient (Wildman–Crippen LogP) is 0.0475. The quantitative estimate of drug-likeness (QED) is 0.570. The number of nitrogens with one attached hydrogen (secondary N) is 1. The average molecular weight is 147 g/mol. The minimum atomic E-state index is 0.677. The first-order valence-corrected chi connectivity index (χ1v) is 3.33. The third kappa shape index (κ3) is 2.78. The lowest BCUT2D eigenvalue weighted by atomic mass is 10.4. The first-order chi connectivity index (χ1) is 5.43. The van der Waals surface area contributed by atoms with Crippen molar-refractivity contribution in [3.8, 4) is 11.8 Å². The molecule has 0 saturated heterocycles. The van der Waals surface area contributed by atoms with Crippen LogP contribution in [0.4, 0.5) is 0 Å². The molecule has 0 radical (unpaired) electrons. The summed E-state index contributed by atoms with van der Waals surface area (Å²) in [5.74, 6) is 5.75. The summed E-state index contributed by atoms with van der Waals surface area (Å²) in [7, 11) is 1.85. The first kappa shape index (κ1) is 7.70. The molecule has 0 bridgehead atoms. The predicted molar refractivity (Wildman–Crippen MR) is 42.8 cm³/mol. The van der Waals surface area contributed by atoms with E-state index in [0.29, 0.717) is 12.2 Å². The molecule has 0 amide bonds. The average Bonchev–Trinajstić information content (AvgIpc) is 2.07. The van der Waals surface area contributed by atoms with Gasteiger partial charge in [-0.2, -0.15) is 0 Å². The molecule has 1 aromatic rings. The van der Waals surface area contributed by atoms with Gasteiger partial charge in [0.15, 0.2) is 0 Å². The van der Waals surface area contributed by atoms with Crippen LogP contribution in [0.1, 0.15) is 5.69 Å². The summed E-state index contributed by atoms with van der Waals surface area (Å²) >= 11 is 0. The Kier molecular flexibility index (Phi) is 3.10. The molecule has 0 aliphatic heterocycles. The summed E-state index contributed by atoms with van der Waals surface area (Å²) in [6, 6.07) is 0. The molecule has 0 spiro atoms. The molecule has 0 unspecified atom stereocenters. The van der Waals surface area contributed by atoms with Crippen LogP contribution in [-0.2, 0) is 0 Å². The van der Waals surface area contributed by atoms with Gasteiger partial charge in [0, 0.05) is 12.4 Å². The van der Waals surface area contributed by atoms with Gasteiger partial charge in [0.1, 0.15) is 5.69 Å². The van der Waals surface area contributed by atoms with Crippen molar-refractivity contribution < 1.29 is 0 Å². The van der Waals surface area contributed by atoms with Gasteiger partial charge in [-0.3, -0.25) is 4.98 Å². The van der Waals surface area contributed by atoms with E-state index >= 15 is 0 Å². The van der Waals surface area contributed by atoms with Gasteiger partial charge in [0.2, 0.25) is 0 Å². The highest BCUT2D eigenvalue weighted by molar-refractivity contribution is 5.24. The minimum Gasteiger partial charge on any atom is -0.309 e. The molecule has 0 fully saturated rings. The fraction of sp³-hybridized carbons (Fsp3) is 0.250. The van der Waals surface area contributed by atoms with Crippen molar-refractivity contribution in [2.24, 2.45) is 0 Å². The molecule has 0 saturated carbocycles. The maximum Gasteiger partial charge on any atom is 0.131 e. The Labute approximate surface area is 65.9 Å². The fourth-order valence-corrected chi connectivity index (χ4v) is 0.587.